The topological polar surface area (TPSA) is 62.1 Å². The summed E-state index contributed by atoms with van der Waals surface area (Å²) in [5, 5.41) is 12.3. The second kappa shape index (κ2) is 9.78. The molecule has 21 heavy (non-hydrogen) atoms. The molecule has 0 spiro atoms. The van der Waals surface area contributed by atoms with Gasteiger partial charge in [-0.1, -0.05) is 46.0 Å². The van der Waals surface area contributed by atoms with E-state index in [4.69, 9.17) is 4.74 Å². The lowest BCUT2D eigenvalue weighted by atomic mass is 9.80. The Morgan fingerprint density at radius 1 is 1.24 bits per heavy atom. The second-order valence-electron chi connectivity index (χ2n) is 6.08. The van der Waals surface area contributed by atoms with E-state index < -0.39 is 5.41 Å². The van der Waals surface area contributed by atoms with Crippen molar-refractivity contribution in [3.63, 3.8) is 0 Å². The van der Waals surface area contributed by atoms with Gasteiger partial charge in [-0.2, -0.15) is 5.26 Å². The lowest BCUT2D eigenvalue weighted by Gasteiger charge is -2.25. The van der Waals surface area contributed by atoms with Crippen LogP contribution in [0, 0.1) is 16.7 Å². The van der Waals surface area contributed by atoms with Crippen LogP contribution in [-0.4, -0.2) is 25.2 Å². The van der Waals surface area contributed by atoms with Crippen LogP contribution in [0.3, 0.4) is 0 Å². The van der Waals surface area contributed by atoms with Crippen LogP contribution in [0.25, 0.3) is 0 Å². The third-order valence-corrected chi connectivity index (χ3v) is 4.30. The van der Waals surface area contributed by atoms with E-state index in [0.717, 1.165) is 25.7 Å². The zero-order chi connectivity index (χ0) is 15.6. The highest BCUT2D eigenvalue weighted by molar-refractivity contribution is 5.85. The molecule has 1 aliphatic carbocycles. The molecule has 1 N–H and O–H groups in total. The Morgan fingerprint density at radius 2 is 1.86 bits per heavy atom. The molecule has 0 heterocycles. The average Bonchev–Trinajstić information content (AvgIpc) is 2.52. The number of carbonyl (C=O) groups is 1. The maximum atomic E-state index is 12.3. The van der Waals surface area contributed by atoms with Crippen molar-refractivity contribution in [3.05, 3.63) is 0 Å². The van der Waals surface area contributed by atoms with Gasteiger partial charge in [-0.05, 0) is 25.7 Å². The second-order valence-corrected chi connectivity index (χ2v) is 6.08. The number of hydrogen-bond acceptors (Lipinski definition) is 3. The number of carbonyl (C=O) groups excluding carboxylic acids is 1. The number of nitriles is 1. The molecule has 0 aromatic heterocycles. The van der Waals surface area contributed by atoms with Crippen molar-refractivity contribution in [3.8, 4) is 6.07 Å². The van der Waals surface area contributed by atoms with Gasteiger partial charge in [0.1, 0.15) is 5.41 Å². The Balaban J connectivity index is 2.34. The first-order valence-corrected chi connectivity index (χ1v) is 8.49. The highest BCUT2D eigenvalue weighted by atomic mass is 16.5. The van der Waals surface area contributed by atoms with Gasteiger partial charge in [0.2, 0.25) is 5.91 Å². The van der Waals surface area contributed by atoms with Crippen LogP contribution in [0.1, 0.15) is 71.6 Å². The molecular formula is C17H30N2O2. The van der Waals surface area contributed by atoms with Gasteiger partial charge in [-0.15, -0.1) is 0 Å². The van der Waals surface area contributed by atoms with Gasteiger partial charge in [0.15, 0.2) is 0 Å². The van der Waals surface area contributed by atoms with Gasteiger partial charge in [0.25, 0.3) is 0 Å². The first-order valence-electron chi connectivity index (χ1n) is 8.49. The molecular weight excluding hydrogens is 264 g/mol. The summed E-state index contributed by atoms with van der Waals surface area (Å²) in [6.07, 6.45) is 9.42. The van der Waals surface area contributed by atoms with E-state index in [1.54, 1.807) is 0 Å². The van der Waals surface area contributed by atoms with Crippen molar-refractivity contribution >= 4 is 5.91 Å². The molecule has 0 aromatic rings. The van der Waals surface area contributed by atoms with Gasteiger partial charge in [-0.3, -0.25) is 4.79 Å². The Kier molecular flexibility index (Phi) is 8.37. The number of nitrogens with one attached hydrogen (secondary N) is 1. The summed E-state index contributed by atoms with van der Waals surface area (Å²) in [5.41, 5.74) is -0.853. The normalized spacial score (nSPS) is 16.4. The summed E-state index contributed by atoms with van der Waals surface area (Å²) < 4.78 is 5.80. The SMILES string of the molecule is CCCC(C#N)(CCC)C(=O)NCCOC1CCCCC1. The highest BCUT2D eigenvalue weighted by Crippen LogP contribution is 2.29. The van der Waals surface area contributed by atoms with Gasteiger partial charge in [0.05, 0.1) is 18.8 Å². The van der Waals surface area contributed by atoms with Crippen molar-refractivity contribution in [1.82, 2.24) is 5.32 Å². The lowest BCUT2D eigenvalue weighted by molar-refractivity contribution is -0.129. The van der Waals surface area contributed by atoms with Gasteiger partial charge < -0.3 is 10.1 Å². The molecule has 1 fully saturated rings. The maximum Gasteiger partial charge on any atom is 0.240 e. The van der Waals surface area contributed by atoms with Crippen LogP contribution in [0.2, 0.25) is 0 Å². The first kappa shape index (κ1) is 18.0. The molecule has 1 saturated carbocycles. The van der Waals surface area contributed by atoms with Crippen LogP contribution in [0.5, 0.6) is 0 Å². The fourth-order valence-electron chi connectivity index (χ4n) is 3.16. The largest absolute Gasteiger partial charge is 0.376 e. The summed E-state index contributed by atoms with van der Waals surface area (Å²) in [5.74, 6) is -0.124. The summed E-state index contributed by atoms with van der Waals surface area (Å²) in [6, 6.07) is 2.25. The van der Waals surface area contributed by atoms with E-state index in [9.17, 15) is 10.1 Å². The predicted octanol–water partition coefficient (Wildman–Crippen LogP) is 3.56. The van der Waals surface area contributed by atoms with Crippen molar-refractivity contribution in [2.75, 3.05) is 13.2 Å². The zero-order valence-electron chi connectivity index (χ0n) is 13.6. The van der Waals surface area contributed by atoms with Gasteiger partial charge in [0, 0.05) is 6.54 Å². The molecule has 0 radical (unpaired) electrons. The summed E-state index contributed by atoms with van der Waals surface area (Å²) in [7, 11) is 0. The Bertz CT molecular complexity index is 337. The molecule has 1 aliphatic rings. The molecule has 0 saturated heterocycles. The fraction of sp³-hybridized carbons (Fsp3) is 0.882. The number of hydrogen-bond donors (Lipinski definition) is 1. The molecule has 120 valence electrons. The number of amides is 1. The van der Waals surface area contributed by atoms with Crippen molar-refractivity contribution < 1.29 is 9.53 Å². The van der Waals surface area contributed by atoms with E-state index >= 15 is 0 Å². The molecule has 4 heteroatoms. The number of rotatable bonds is 9. The molecule has 0 atom stereocenters. The third kappa shape index (κ3) is 5.67. The quantitative estimate of drug-likeness (QED) is 0.661. The number of nitrogens with zero attached hydrogens (tertiary/aromatic N) is 1. The van der Waals surface area contributed by atoms with Crippen molar-refractivity contribution in [1.29, 1.82) is 5.26 Å². The van der Waals surface area contributed by atoms with Gasteiger partial charge >= 0.3 is 0 Å². The van der Waals surface area contributed by atoms with E-state index in [-0.39, 0.29) is 5.91 Å². The average molecular weight is 294 g/mol. The molecule has 1 amide bonds. The zero-order valence-corrected chi connectivity index (χ0v) is 13.6. The third-order valence-electron chi connectivity index (χ3n) is 4.30. The molecule has 0 bridgehead atoms. The Hall–Kier alpha value is -1.08. The van der Waals surface area contributed by atoms with Gasteiger partial charge in [-0.25, -0.2) is 0 Å². The first-order chi connectivity index (χ1) is 10.2. The highest BCUT2D eigenvalue weighted by Gasteiger charge is 2.36. The monoisotopic (exact) mass is 294 g/mol. The molecule has 0 unspecified atom stereocenters. The van der Waals surface area contributed by atoms with Crippen LogP contribution < -0.4 is 5.32 Å². The summed E-state index contributed by atoms with van der Waals surface area (Å²) >= 11 is 0. The molecule has 0 aliphatic heterocycles. The number of ether oxygens (including phenoxy) is 1. The maximum absolute atomic E-state index is 12.3. The minimum Gasteiger partial charge on any atom is -0.376 e. The molecule has 1 rings (SSSR count). The van der Waals surface area contributed by atoms with E-state index in [1.807, 2.05) is 13.8 Å². The van der Waals surface area contributed by atoms with Crippen molar-refractivity contribution in [2.24, 2.45) is 5.41 Å². The van der Waals surface area contributed by atoms with Crippen LogP contribution in [0.15, 0.2) is 0 Å². The Labute approximate surface area is 129 Å². The minimum absolute atomic E-state index is 0.124. The summed E-state index contributed by atoms with van der Waals surface area (Å²) in [4.78, 5) is 12.3. The van der Waals surface area contributed by atoms with E-state index in [0.29, 0.717) is 32.1 Å². The van der Waals surface area contributed by atoms with Crippen LogP contribution in [0.4, 0.5) is 0 Å². The lowest BCUT2D eigenvalue weighted by Crippen LogP contribution is -2.41. The Morgan fingerprint density at radius 3 is 2.38 bits per heavy atom. The fourth-order valence-corrected chi connectivity index (χ4v) is 3.16. The van der Waals surface area contributed by atoms with E-state index in [1.165, 1.54) is 19.3 Å². The van der Waals surface area contributed by atoms with Crippen molar-refractivity contribution in [2.45, 2.75) is 77.7 Å². The minimum atomic E-state index is -0.853. The standard InChI is InChI=1S/C17H30N2O2/c1-3-10-17(14-18,11-4-2)16(20)19-12-13-21-15-8-6-5-7-9-15/h15H,3-13H2,1-2H3,(H,19,20). The molecule has 0 aromatic carbocycles. The van der Waals surface area contributed by atoms with Crippen LogP contribution in [-0.2, 0) is 9.53 Å². The van der Waals surface area contributed by atoms with Crippen LogP contribution >= 0.6 is 0 Å². The van der Waals surface area contributed by atoms with E-state index in [2.05, 4.69) is 11.4 Å². The summed E-state index contributed by atoms with van der Waals surface area (Å²) in [6.45, 7) is 5.09. The predicted molar refractivity (Wildman–Crippen MR) is 83.7 cm³/mol. The smallest absolute Gasteiger partial charge is 0.240 e. The molecule has 4 nitrogen and oxygen atoms in total.